The van der Waals surface area contributed by atoms with E-state index in [0.29, 0.717) is 41.3 Å². The van der Waals surface area contributed by atoms with Gasteiger partial charge in [0.15, 0.2) is 11.5 Å². The molecule has 1 atom stereocenters. The molecule has 35 heavy (non-hydrogen) atoms. The van der Waals surface area contributed by atoms with Crippen molar-refractivity contribution in [2.75, 3.05) is 34.5 Å². The van der Waals surface area contributed by atoms with E-state index in [4.69, 9.17) is 18.9 Å². The number of hydrogen-bond acceptors (Lipinski definition) is 6. The summed E-state index contributed by atoms with van der Waals surface area (Å²) < 4.78 is 22.6. The number of carbonyl (C=O) groups is 2. The van der Waals surface area contributed by atoms with Crippen molar-refractivity contribution in [3.63, 3.8) is 0 Å². The molecule has 0 saturated heterocycles. The monoisotopic (exact) mass is 539 g/mol. The van der Waals surface area contributed by atoms with Gasteiger partial charge in [-0.05, 0) is 82.0 Å². The number of halogens is 1. The molecular formula is C27H26BrNO6. The van der Waals surface area contributed by atoms with E-state index in [0.717, 1.165) is 15.6 Å². The summed E-state index contributed by atoms with van der Waals surface area (Å²) in [6.07, 6.45) is 0.677. The zero-order chi connectivity index (χ0) is 24.9. The Balaban J connectivity index is 1.67. The van der Waals surface area contributed by atoms with Crippen LogP contribution in [0.25, 0.3) is 0 Å². The topological polar surface area (TPSA) is 74.3 Å². The van der Waals surface area contributed by atoms with Gasteiger partial charge in [-0.3, -0.25) is 4.79 Å². The number of methoxy groups -OCH3 is 3. The molecule has 1 aliphatic heterocycles. The van der Waals surface area contributed by atoms with Crippen LogP contribution in [0.15, 0.2) is 65.1 Å². The Morgan fingerprint density at radius 3 is 2.31 bits per heavy atom. The molecule has 0 fully saturated rings. The average molecular weight is 540 g/mol. The molecule has 3 aromatic rings. The van der Waals surface area contributed by atoms with Crippen molar-refractivity contribution in [1.82, 2.24) is 4.90 Å². The Labute approximate surface area is 212 Å². The first-order valence-electron chi connectivity index (χ1n) is 11.1. The van der Waals surface area contributed by atoms with Crippen LogP contribution < -0.4 is 14.2 Å². The molecule has 0 N–H and O–H groups in total. The van der Waals surface area contributed by atoms with Gasteiger partial charge in [-0.1, -0.05) is 12.1 Å². The second-order valence-corrected chi connectivity index (χ2v) is 8.83. The molecule has 1 unspecified atom stereocenters. The second-order valence-electron chi connectivity index (χ2n) is 7.98. The summed E-state index contributed by atoms with van der Waals surface area (Å²) in [5.74, 6) is 1.32. The lowest BCUT2D eigenvalue weighted by atomic mass is 9.91. The van der Waals surface area contributed by atoms with Gasteiger partial charge in [0.05, 0.1) is 38.5 Å². The normalized spacial score (nSPS) is 14.6. The molecule has 1 aliphatic rings. The standard InChI is InChI=1S/C27H26BrNO6/c1-32-24-14-18-12-13-29(26(30)20-6-4-5-7-22(20)28)23(21(18)15-25(24)33-2)16-35-19-10-8-17(9-11-19)27(31)34-3/h4-11,14-15,23H,12-13,16H2,1-3H3. The second kappa shape index (κ2) is 10.8. The number of rotatable bonds is 7. The molecule has 182 valence electrons. The predicted octanol–water partition coefficient (Wildman–Crippen LogP) is 5.07. The van der Waals surface area contributed by atoms with E-state index in [1.165, 1.54) is 7.11 Å². The molecule has 0 aromatic heterocycles. The van der Waals surface area contributed by atoms with Gasteiger partial charge in [0.1, 0.15) is 12.4 Å². The lowest BCUT2D eigenvalue weighted by molar-refractivity contribution is 0.0582. The van der Waals surface area contributed by atoms with E-state index in [-0.39, 0.29) is 18.6 Å². The quantitative estimate of drug-likeness (QED) is 0.390. The third-order valence-corrected chi connectivity index (χ3v) is 6.74. The molecule has 7 nitrogen and oxygen atoms in total. The van der Waals surface area contributed by atoms with Crippen LogP contribution in [0.3, 0.4) is 0 Å². The lowest BCUT2D eigenvalue weighted by Crippen LogP contribution is -2.42. The average Bonchev–Trinajstić information content (AvgIpc) is 2.90. The number of nitrogens with zero attached hydrogens (tertiary/aromatic N) is 1. The highest BCUT2D eigenvalue weighted by molar-refractivity contribution is 9.10. The largest absolute Gasteiger partial charge is 0.493 e. The summed E-state index contributed by atoms with van der Waals surface area (Å²) in [5.41, 5.74) is 3.04. The smallest absolute Gasteiger partial charge is 0.337 e. The molecule has 0 saturated carbocycles. The van der Waals surface area contributed by atoms with Crippen LogP contribution in [0.2, 0.25) is 0 Å². The van der Waals surface area contributed by atoms with Crippen molar-refractivity contribution in [1.29, 1.82) is 0 Å². The highest BCUT2D eigenvalue weighted by Gasteiger charge is 2.34. The van der Waals surface area contributed by atoms with Crippen LogP contribution in [0.1, 0.15) is 37.9 Å². The predicted molar refractivity (Wildman–Crippen MR) is 134 cm³/mol. The van der Waals surface area contributed by atoms with E-state index in [9.17, 15) is 9.59 Å². The maximum atomic E-state index is 13.6. The van der Waals surface area contributed by atoms with Gasteiger partial charge < -0.3 is 23.8 Å². The van der Waals surface area contributed by atoms with Gasteiger partial charge in [0.25, 0.3) is 5.91 Å². The summed E-state index contributed by atoms with van der Waals surface area (Å²) in [5, 5.41) is 0. The van der Waals surface area contributed by atoms with E-state index in [2.05, 4.69) is 15.9 Å². The third-order valence-electron chi connectivity index (χ3n) is 6.05. The van der Waals surface area contributed by atoms with Crippen molar-refractivity contribution in [2.24, 2.45) is 0 Å². The van der Waals surface area contributed by atoms with Gasteiger partial charge in [0, 0.05) is 11.0 Å². The minimum atomic E-state index is -0.413. The summed E-state index contributed by atoms with van der Waals surface area (Å²) in [6.45, 7) is 0.744. The Bertz CT molecular complexity index is 1230. The SMILES string of the molecule is COC(=O)c1ccc(OCC2c3cc(OC)c(OC)cc3CCN2C(=O)c2ccccc2Br)cc1. The van der Waals surface area contributed by atoms with Gasteiger partial charge in [-0.25, -0.2) is 4.79 Å². The highest BCUT2D eigenvalue weighted by Crippen LogP contribution is 2.39. The molecule has 1 amide bonds. The number of benzene rings is 3. The first-order valence-corrected chi connectivity index (χ1v) is 11.9. The molecular weight excluding hydrogens is 514 g/mol. The fourth-order valence-corrected chi connectivity index (χ4v) is 4.67. The Hall–Kier alpha value is -3.52. The summed E-state index contributed by atoms with van der Waals surface area (Å²) in [7, 11) is 4.53. The van der Waals surface area contributed by atoms with E-state index < -0.39 is 5.97 Å². The van der Waals surface area contributed by atoms with Crippen LogP contribution in [-0.2, 0) is 11.2 Å². The number of esters is 1. The van der Waals surface area contributed by atoms with Crippen molar-refractivity contribution < 1.29 is 28.5 Å². The van der Waals surface area contributed by atoms with Gasteiger partial charge >= 0.3 is 5.97 Å². The van der Waals surface area contributed by atoms with E-state index >= 15 is 0 Å². The zero-order valence-corrected chi connectivity index (χ0v) is 21.3. The van der Waals surface area contributed by atoms with Gasteiger partial charge in [-0.2, -0.15) is 0 Å². The number of carbonyl (C=O) groups excluding carboxylic acids is 2. The highest BCUT2D eigenvalue weighted by atomic mass is 79.9. The van der Waals surface area contributed by atoms with Crippen LogP contribution in [0.4, 0.5) is 0 Å². The van der Waals surface area contributed by atoms with Crippen molar-refractivity contribution in [3.05, 3.63) is 87.4 Å². The molecule has 0 bridgehead atoms. The molecule has 0 spiro atoms. The summed E-state index contributed by atoms with van der Waals surface area (Å²) in [4.78, 5) is 27.2. The van der Waals surface area contributed by atoms with Crippen LogP contribution >= 0.6 is 15.9 Å². The zero-order valence-electron chi connectivity index (χ0n) is 19.7. The molecule has 0 radical (unpaired) electrons. The van der Waals surface area contributed by atoms with Crippen LogP contribution in [0.5, 0.6) is 17.2 Å². The fraction of sp³-hybridized carbons (Fsp3) is 0.259. The van der Waals surface area contributed by atoms with Crippen molar-refractivity contribution in [2.45, 2.75) is 12.5 Å². The fourth-order valence-electron chi connectivity index (χ4n) is 4.22. The van der Waals surface area contributed by atoms with Gasteiger partial charge in [-0.15, -0.1) is 0 Å². The Morgan fingerprint density at radius 1 is 0.971 bits per heavy atom. The number of ether oxygens (including phenoxy) is 4. The third kappa shape index (κ3) is 5.12. The minimum absolute atomic E-state index is 0.0902. The lowest BCUT2D eigenvalue weighted by Gasteiger charge is -2.38. The minimum Gasteiger partial charge on any atom is -0.493 e. The first kappa shape index (κ1) is 24.6. The Kier molecular flexibility index (Phi) is 7.60. The molecule has 3 aromatic carbocycles. The number of fused-ring (bicyclic) bond motifs is 1. The summed E-state index contributed by atoms with van der Waals surface area (Å²) >= 11 is 3.50. The maximum Gasteiger partial charge on any atom is 0.337 e. The first-order chi connectivity index (χ1) is 17.0. The van der Waals surface area contributed by atoms with Crippen molar-refractivity contribution >= 4 is 27.8 Å². The Morgan fingerprint density at radius 2 is 1.66 bits per heavy atom. The number of amides is 1. The maximum absolute atomic E-state index is 13.6. The van der Waals surface area contributed by atoms with E-state index in [1.54, 1.807) is 44.6 Å². The van der Waals surface area contributed by atoms with E-state index in [1.807, 2.05) is 35.2 Å². The van der Waals surface area contributed by atoms with Crippen LogP contribution in [0, 0.1) is 0 Å². The summed E-state index contributed by atoms with van der Waals surface area (Å²) in [6, 6.07) is 17.6. The van der Waals surface area contributed by atoms with Crippen molar-refractivity contribution in [3.8, 4) is 17.2 Å². The molecule has 8 heteroatoms. The number of hydrogen-bond donors (Lipinski definition) is 0. The molecule has 0 aliphatic carbocycles. The van der Waals surface area contributed by atoms with Gasteiger partial charge in [0.2, 0.25) is 0 Å². The molecule has 1 heterocycles. The van der Waals surface area contributed by atoms with Crippen LogP contribution in [-0.4, -0.2) is 51.3 Å². The molecule has 4 rings (SSSR count).